The van der Waals surface area contributed by atoms with Gasteiger partial charge in [0.15, 0.2) is 0 Å². The lowest BCUT2D eigenvalue weighted by Crippen LogP contribution is -2.28. The standard InChI is InChI=1S/C12H21N3O2S/c1-10(2)8-9-15(3)18(16,17)12-6-4-11(14-13)5-7-12/h4-7,10,14H,8-9,13H2,1-3H3. The van der Waals surface area contributed by atoms with Gasteiger partial charge in [0, 0.05) is 19.3 Å². The highest BCUT2D eigenvalue weighted by Crippen LogP contribution is 2.17. The van der Waals surface area contributed by atoms with Crippen molar-refractivity contribution >= 4 is 15.7 Å². The first-order chi connectivity index (χ1) is 8.37. The number of sulfonamides is 1. The van der Waals surface area contributed by atoms with E-state index in [4.69, 9.17) is 5.84 Å². The molecule has 0 aliphatic carbocycles. The average molecular weight is 271 g/mol. The zero-order valence-electron chi connectivity index (χ0n) is 11.1. The van der Waals surface area contributed by atoms with Gasteiger partial charge in [-0.25, -0.2) is 12.7 Å². The molecule has 0 atom stereocenters. The van der Waals surface area contributed by atoms with E-state index in [0.29, 0.717) is 18.2 Å². The summed E-state index contributed by atoms with van der Waals surface area (Å²) in [6, 6.07) is 6.39. The summed E-state index contributed by atoms with van der Waals surface area (Å²) in [6.45, 7) is 4.67. The first kappa shape index (κ1) is 14.9. The van der Waals surface area contributed by atoms with Crippen LogP contribution in [0.5, 0.6) is 0 Å². The van der Waals surface area contributed by atoms with Crippen LogP contribution in [0, 0.1) is 5.92 Å². The maximum Gasteiger partial charge on any atom is 0.242 e. The summed E-state index contributed by atoms with van der Waals surface area (Å²) in [7, 11) is -1.79. The maximum absolute atomic E-state index is 12.2. The van der Waals surface area contributed by atoms with Crippen LogP contribution < -0.4 is 11.3 Å². The van der Waals surface area contributed by atoms with Gasteiger partial charge >= 0.3 is 0 Å². The summed E-state index contributed by atoms with van der Waals surface area (Å²) in [4.78, 5) is 0.285. The molecule has 0 saturated carbocycles. The molecule has 0 bridgehead atoms. The number of hydrazine groups is 1. The Morgan fingerprint density at radius 1 is 1.28 bits per heavy atom. The van der Waals surface area contributed by atoms with Gasteiger partial charge in [0.05, 0.1) is 4.90 Å². The molecule has 0 spiro atoms. The summed E-state index contributed by atoms with van der Waals surface area (Å²) < 4.78 is 25.8. The minimum absolute atomic E-state index is 0.285. The monoisotopic (exact) mass is 271 g/mol. The van der Waals surface area contributed by atoms with Crippen LogP contribution in [0.4, 0.5) is 5.69 Å². The highest BCUT2D eigenvalue weighted by Gasteiger charge is 2.20. The molecule has 102 valence electrons. The molecule has 0 heterocycles. The highest BCUT2D eigenvalue weighted by atomic mass is 32.2. The summed E-state index contributed by atoms with van der Waals surface area (Å²) >= 11 is 0. The molecule has 0 fully saturated rings. The number of rotatable bonds is 6. The largest absolute Gasteiger partial charge is 0.324 e. The van der Waals surface area contributed by atoms with Crippen molar-refractivity contribution in [3.05, 3.63) is 24.3 Å². The number of nitrogens with one attached hydrogen (secondary N) is 1. The second kappa shape index (κ2) is 6.17. The first-order valence-corrected chi connectivity index (χ1v) is 7.35. The van der Waals surface area contributed by atoms with Gasteiger partial charge in [-0.15, -0.1) is 0 Å². The molecule has 6 heteroatoms. The van der Waals surface area contributed by atoms with Crippen LogP contribution in [-0.4, -0.2) is 26.3 Å². The van der Waals surface area contributed by atoms with Crippen molar-refractivity contribution in [1.82, 2.24) is 4.31 Å². The van der Waals surface area contributed by atoms with E-state index >= 15 is 0 Å². The van der Waals surface area contributed by atoms with Crippen LogP contribution in [0.15, 0.2) is 29.2 Å². The predicted molar refractivity (Wildman–Crippen MR) is 73.5 cm³/mol. The number of anilines is 1. The van der Waals surface area contributed by atoms with Crippen LogP contribution in [0.1, 0.15) is 20.3 Å². The summed E-state index contributed by atoms with van der Waals surface area (Å²) in [5.41, 5.74) is 3.15. The number of hydrogen-bond donors (Lipinski definition) is 2. The van der Waals surface area contributed by atoms with Gasteiger partial charge in [-0.3, -0.25) is 5.84 Å². The van der Waals surface area contributed by atoms with Crippen LogP contribution in [0.2, 0.25) is 0 Å². The van der Waals surface area contributed by atoms with Crippen molar-refractivity contribution in [2.75, 3.05) is 19.0 Å². The minimum Gasteiger partial charge on any atom is -0.324 e. The van der Waals surface area contributed by atoms with Crippen LogP contribution >= 0.6 is 0 Å². The molecule has 1 aromatic rings. The zero-order valence-corrected chi connectivity index (χ0v) is 11.9. The Morgan fingerprint density at radius 2 is 1.83 bits per heavy atom. The van der Waals surface area contributed by atoms with Gasteiger partial charge in [0.25, 0.3) is 0 Å². The fourth-order valence-electron chi connectivity index (χ4n) is 1.46. The molecule has 3 N–H and O–H groups in total. The zero-order chi connectivity index (χ0) is 13.8. The normalized spacial score (nSPS) is 12.1. The van der Waals surface area contributed by atoms with Crippen LogP contribution in [-0.2, 0) is 10.0 Å². The third kappa shape index (κ3) is 3.69. The van der Waals surface area contributed by atoms with Gasteiger partial charge in [-0.05, 0) is 36.6 Å². The number of nitrogens with zero attached hydrogens (tertiary/aromatic N) is 1. The molecule has 0 aliphatic heterocycles. The van der Waals surface area contributed by atoms with E-state index in [9.17, 15) is 8.42 Å². The van der Waals surface area contributed by atoms with E-state index in [0.717, 1.165) is 6.42 Å². The van der Waals surface area contributed by atoms with E-state index in [1.807, 2.05) is 0 Å². The second-order valence-corrected chi connectivity index (χ2v) is 6.72. The van der Waals surface area contributed by atoms with Crippen molar-refractivity contribution in [1.29, 1.82) is 0 Å². The molecule has 5 nitrogen and oxygen atoms in total. The summed E-state index contributed by atoms with van der Waals surface area (Å²) in [6.07, 6.45) is 0.845. The molecule has 1 rings (SSSR count). The highest BCUT2D eigenvalue weighted by molar-refractivity contribution is 7.89. The van der Waals surface area contributed by atoms with Crippen molar-refractivity contribution in [2.24, 2.45) is 11.8 Å². The third-order valence-electron chi connectivity index (χ3n) is 2.75. The Bertz CT molecular complexity index is 469. The third-order valence-corrected chi connectivity index (χ3v) is 4.62. The second-order valence-electron chi connectivity index (χ2n) is 4.68. The topological polar surface area (TPSA) is 75.4 Å². The number of hydrogen-bond acceptors (Lipinski definition) is 4. The van der Waals surface area contributed by atoms with Gasteiger partial charge in [-0.1, -0.05) is 13.8 Å². The quantitative estimate of drug-likeness (QED) is 0.609. The smallest absolute Gasteiger partial charge is 0.242 e. The molecular weight excluding hydrogens is 250 g/mol. The molecule has 18 heavy (non-hydrogen) atoms. The van der Waals surface area contributed by atoms with Gasteiger partial charge in [-0.2, -0.15) is 0 Å². The fourth-order valence-corrected chi connectivity index (χ4v) is 2.65. The lowest BCUT2D eigenvalue weighted by molar-refractivity contribution is 0.428. The maximum atomic E-state index is 12.2. The van der Waals surface area contributed by atoms with E-state index in [2.05, 4.69) is 19.3 Å². The van der Waals surface area contributed by atoms with Crippen LogP contribution in [0.25, 0.3) is 0 Å². The van der Waals surface area contributed by atoms with E-state index in [1.165, 1.54) is 4.31 Å². The lowest BCUT2D eigenvalue weighted by atomic mass is 10.1. The molecule has 0 amide bonds. The molecular formula is C12H21N3O2S. The first-order valence-electron chi connectivity index (χ1n) is 5.91. The van der Waals surface area contributed by atoms with Crippen molar-refractivity contribution in [3.8, 4) is 0 Å². The van der Waals surface area contributed by atoms with Crippen molar-refractivity contribution < 1.29 is 8.42 Å². The molecule has 0 aromatic heterocycles. The molecule has 0 aliphatic rings. The van der Waals surface area contributed by atoms with Gasteiger partial charge in [0.1, 0.15) is 0 Å². The Balaban J connectivity index is 2.84. The number of nitrogen functional groups attached to an aromatic ring is 1. The Labute approximate surface area is 109 Å². The van der Waals surface area contributed by atoms with E-state index in [1.54, 1.807) is 31.3 Å². The Morgan fingerprint density at radius 3 is 2.28 bits per heavy atom. The minimum atomic E-state index is -3.39. The number of nitrogens with two attached hydrogens (primary N) is 1. The molecule has 0 unspecified atom stereocenters. The average Bonchev–Trinajstić information content (AvgIpc) is 2.35. The number of benzene rings is 1. The SMILES string of the molecule is CC(C)CCN(C)S(=O)(=O)c1ccc(NN)cc1. The fraction of sp³-hybridized carbons (Fsp3) is 0.500. The molecule has 1 aromatic carbocycles. The van der Waals surface area contributed by atoms with Crippen molar-refractivity contribution in [3.63, 3.8) is 0 Å². The molecule has 0 radical (unpaired) electrons. The molecule has 0 saturated heterocycles. The van der Waals surface area contributed by atoms with E-state index in [-0.39, 0.29) is 4.90 Å². The predicted octanol–water partition coefficient (Wildman–Crippen LogP) is 1.64. The summed E-state index contributed by atoms with van der Waals surface area (Å²) in [5, 5.41) is 0. The van der Waals surface area contributed by atoms with Crippen LogP contribution in [0.3, 0.4) is 0 Å². The lowest BCUT2D eigenvalue weighted by Gasteiger charge is -2.18. The summed E-state index contributed by atoms with van der Waals surface area (Å²) in [5.74, 6) is 5.72. The van der Waals surface area contributed by atoms with Gasteiger partial charge < -0.3 is 5.43 Å². The van der Waals surface area contributed by atoms with Gasteiger partial charge in [0.2, 0.25) is 10.0 Å². The van der Waals surface area contributed by atoms with Crippen molar-refractivity contribution in [2.45, 2.75) is 25.2 Å². The Kier molecular flexibility index (Phi) is 5.13. The van der Waals surface area contributed by atoms with E-state index < -0.39 is 10.0 Å². The Hall–Kier alpha value is -1.11.